The minimum Gasteiger partial charge on any atom is -0.360 e. The molecule has 0 spiro atoms. The minimum absolute atomic E-state index is 0.0944. The zero-order chi connectivity index (χ0) is 16.2. The van der Waals surface area contributed by atoms with Crippen LogP contribution in [0.15, 0.2) is 28.4 Å². The molecule has 0 bridgehead atoms. The summed E-state index contributed by atoms with van der Waals surface area (Å²) in [6, 6.07) is 1.69. The molecule has 122 valence electrons. The summed E-state index contributed by atoms with van der Waals surface area (Å²) in [5.74, 6) is 3.22. The number of anilines is 1. The van der Waals surface area contributed by atoms with Gasteiger partial charge in [0.1, 0.15) is 11.6 Å². The van der Waals surface area contributed by atoms with Crippen molar-refractivity contribution in [2.45, 2.75) is 43.8 Å². The predicted molar refractivity (Wildman–Crippen MR) is 87.4 cm³/mol. The molecule has 1 aliphatic carbocycles. The first kappa shape index (κ1) is 15.8. The van der Waals surface area contributed by atoms with Crippen molar-refractivity contribution < 1.29 is 9.32 Å². The number of rotatable bonds is 8. The molecule has 0 unspecified atom stereocenters. The molecule has 8 heteroatoms. The van der Waals surface area contributed by atoms with Gasteiger partial charge in [-0.3, -0.25) is 4.79 Å². The zero-order valence-corrected chi connectivity index (χ0v) is 13.8. The van der Waals surface area contributed by atoms with E-state index >= 15 is 0 Å². The standard InChI is InChI=1S/C15H19N5O2S/c1-3-7-20-14(11-4-5-11)17-18-15(20)23-8-6-13(21)16-12-9-10(2)22-19-12/h3,9,11H,1,4-8H2,2H3,(H,16,19,21). The first-order chi connectivity index (χ1) is 11.2. The highest BCUT2D eigenvalue weighted by Gasteiger charge is 2.30. The SMILES string of the molecule is C=CCn1c(SCCC(=O)Nc2cc(C)on2)nnc1C1CC1. The number of nitrogens with zero attached hydrogens (tertiary/aromatic N) is 4. The third-order valence-corrected chi connectivity index (χ3v) is 4.42. The molecule has 1 saturated carbocycles. The Morgan fingerprint density at radius 3 is 3.04 bits per heavy atom. The summed E-state index contributed by atoms with van der Waals surface area (Å²) in [5.41, 5.74) is 0. The van der Waals surface area contributed by atoms with Crippen molar-refractivity contribution in [1.82, 2.24) is 19.9 Å². The second-order valence-electron chi connectivity index (χ2n) is 5.48. The Kier molecular flexibility index (Phi) is 4.80. The van der Waals surface area contributed by atoms with Gasteiger partial charge < -0.3 is 14.4 Å². The molecule has 7 nitrogen and oxygen atoms in total. The van der Waals surface area contributed by atoms with Crippen molar-refractivity contribution in [1.29, 1.82) is 0 Å². The maximum Gasteiger partial charge on any atom is 0.226 e. The van der Waals surface area contributed by atoms with Crippen LogP contribution in [-0.2, 0) is 11.3 Å². The molecule has 0 saturated heterocycles. The Bertz CT molecular complexity index is 705. The average Bonchev–Trinajstić information content (AvgIpc) is 3.17. The molecule has 1 amide bonds. The second-order valence-corrected chi connectivity index (χ2v) is 6.55. The van der Waals surface area contributed by atoms with Gasteiger partial charge in [-0.25, -0.2) is 0 Å². The number of hydrogen-bond donors (Lipinski definition) is 1. The van der Waals surface area contributed by atoms with Crippen LogP contribution in [0.2, 0.25) is 0 Å². The molecular weight excluding hydrogens is 314 g/mol. The first-order valence-electron chi connectivity index (χ1n) is 7.57. The summed E-state index contributed by atoms with van der Waals surface area (Å²) in [5, 5.41) is 15.8. The highest BCUT2D eigenvalue weighted by molar-refractivity contribution is 7.99. The van der Waals surface area contributed by atoms with Gasteiger partial charge in [0.2, 0.25) is 5.91 Å². The molecule has 2 aromatic heterocycles. The molecule has 1 fully saturated rings. The van der Waals surface area contributed by atoms with Crippen molar-refractivity contribution in [3.63, 3.8) is 0 Å². The number of allylic oxidation sites excluding steroid dienone is 1. The van der Waals surface area contributed by atoms with E-state index in [-0.39, 0.29) is 5.91 Å². The van der Waals surface area contributed by atoms with Gasteiger partial charge in [-0.1, -0.05) is 23.0 Å². The Hall–Kier alpha value is -2.09. The fourth-order valence-electron chi connectivity index (χ4n) is 2.22. The van der Waals surface area contributed by atoms with Crippen molar-refractivity contribution in [3.8, 4) is 0 Å². The van der Waals surface area contributed by atoms with E-state index in [4.69, 9.17) is 4.52 Å². The van der Waals surface area contributed by atoms with Crippen molar-refractivity contribution in [3.05, 3.63) is 30.3 Å². The average molecular weight is 333 g/mol. The van der Waals surface area contributed by atoms with E-state index in [0.717, 1.165) is 11.0 Å². The van der Waals surface area contributed by atoms with Crippen LogP contribution in [0.25, 0.3) is 0 Å². The maximum absolute atomic E-state index is 11.9. The lowest BCUT2D eigenvalue weighted by molar-refractivity contribution is -0.115. The molecule has 23 heavy (non-hydrogen) atoms. The lowest BCUT2D eigenvalue weighted by Crippen LogP contribution is -2.12. The first-order valence-corrected chi connectivity index (χ1v) is 8.56. The summed E-state index contributed by atoms with van der Waals surface area (Å²) in [7, 11) is 0. The smallest absolute Gasteiger partial charge is 0.226 e. The van der Waals surface area contributed by atoms with E-state index in [1.807, 2.05) is 6.08 Å². The number of nitrogens with one attached hydrogen (secondary N) is 1. The van der Waals surface area contributed by atoms with Gasteiger partial charge in [0, 0.05) is 30.7 Å². The topological polar surface area (TPSA) is 85.8 Å². The van der Waals surface area contributed by atoms with Crippen LogP contribution in [0.4, 0.5) is 5.82 Å². The molecule has 1 N–H and O–H groups in total. The monoisotopic (exact) mass is 333 g/mol. The van der Waals surface area contributed by atoms with E-state index < -0.39 is 0 Å². The highest BCUT2D eigenvalue weighted by atomic mass is 32.2. The van der Waals surface area contributed by atoms with E-state index in [0.29, 0.717) is 36.2 Å². The molecule has 2 aromatic rings. The fraction of sp³-hybridized carbons (Fsp3) is 0.467. The second kappa shape index (κ2) is 6.99. The van der Waals surface area contributed by atoms with Crippen LogP contribution in [0, 0.1) is 6.92 Å². The van der Waals surface area contributed by atoms with Crippen molar-refractivity contribution in [2.75, 3.05) is 11.1 Å². The van der Waals surface area contributed by atoms with Gasteiger partial charge >= 0.3 is 0 Å². The van der Waals surface area contributed by atoms with Crippen LogP contribution in [0.1, 0.15) is 36.8 Å². The number of carbonyl (C=O) groups is 1. The molecular formula is C15H19N5O2S. The lowest BCUT2D eigenvalue weighted by atomic mass is 10.4. The molecule has 3 rings (SSSR count). The summed E-state index contributed by atoms with van der Waals surface area (Å²) in [6.07, 6.45) is 4.58. The quantitative estimate of drug-likeness (QED) is 0.590. The Labute approximate surface area is 138 Å². The van der Waals surface area contributed by atoms with Crippen molar-refractivity contribution in [2.24, 2.45) is 0 Å². The number of carbonyl (C=O) groups excluding carboxylic acids is 1. The van der Waals surface area contributed by atoms with Crippen LogP contribution in [0.3, 0.4) is 0 Å². The normalized spacial score (nSPS) is 14.0. The lowest BCUT2D eigenvalue weighted by Gasteiger charge is -2.06. The van der Waals surface area contributed by atoms with Crippen LogP contribution in [-0.4, -0.2) is 31.6 Å². The number of aromatic nitrogens is 4. The van der Waals surface area contributed by atoms with Gasteiger partial charge in [0.05, 0.1) is 0 Å². The van der Waals surface area contributed by atoms with Gasteiger partial charge in [0.15, 0.2) is 11.0 Å². The summed E-state index contributed by atoms with van der Waals surface area (Å²) < 4.78 is 7.00. The fourth-order valence-corrected chi connectivity index (χ4v) is 3.11. The number of hydrogen-bond acceptors (Lipinski definition) is 6. The van der Waals surface area contributed by atoms with Crippen LogP contribution in [0.5, 0.6) is 0 Å². The zero-order valence-electron chi connectivity index (χ0n) is 13.0. The van der Waals surface area contributed by atoms with E-state index in [1.165, 1.54) is 24.6 Å². The number of amides is 1. The highest BCUT2D eigenvalue weighted by Crippen LogP contribution is 2.40. The maximum atomic E-state index is 11.9. The molecule has 0 aliphatic heterocycles. The third kappa shape index (κ3) is 4.01. The Balaban J connectivity index is 1.52. The molecule has 2 heterocycles. The van der Waals surface area contributed by atoms with E-state index in [9.17, 15) is 4.79 Å². The van der Waals surface area contributed by atoms with E-state index in [2.05, 4.69) is 31.8 Å². The molecule has 0 aromatic carbocycles. The van der Waals surface area contributed by atoms with Crippen LogP contribution < -0.4 is 5.32 Å². The van der Waals surface area contributed by atoms with Gasteiger partial charge in [-0.2, -0.15) is 0 Å². The largest absolute Gasteiger partial charge is 0.360 e. The number of aryl methyl sites for hydroxylation is 1. The Morgan fingerprint density at radius 2 is 2.39 bits per heavy atom. The van der Waals surface area contributed by atoms with Gasteiger partial charge in [-0.05, 0) is 19.8 Å². The van der Waals surface area contributed by atoms with E-state index in [1.54, 1.807) is 13.0 Å². The predicted octanol–water partition coefficient (Wildman–Crippen LogP) is 2.76. The molecule has 0 radical (unpaired) electrons. The third-order valence-electron chi connectivity index (χ3n) is 3.46. The molecule has 1 aliphatic rings. The summed E-state index contributed by atoms with van der Waals surface area (Å²) >= 11 is 1.53. The van der Waals surface area contributed by atoms with Gasteiger partial charge in [0.25, 0.3) is 0 Å². The summed E-state index contributed by atoms with van der Waals surface area (Å²) in [4.78, 5) is 11.9. The molecule has 0 atom stereocenters. The summed E-state index contributed by atoms with van der Waals surface area (Å²) in [6.45, 7) is 6.27. The van der Waals surface area contributed by atoms with Crippen molar-refractivity contribution >= 4 is 23.5 Å². The number of thioether (sulfide) groups is 1. The van der Waals surface area contributed by atoms with Crippen LogP contribution >= 0.6 is 11.8 Å². The van der Waals surface area contributed by atoms with Gasteiger partial charge in [-0.15, -0.1) is 16.8 Å². The Morgan fingerprint density at radius 1 is 1.57 bits per heavy atom. The minimum atomic E-state index is -0.0944.